The lowest BCUT2D eigenvalue weighted by atomic mass is 10.0. The molecule has 32 heavy (non-hydrogen) atoms. The van der Waals surface area contributed by atoms with Crippen molar-refractivity contribution in [2.24, 2.45) is 5.92 Å². The van der Waals surface area contributed by atoms with Crippen LogP contribution in [0.15, 0.2) is 57.8 Å². The Morgan fingerprint density at radius 3 is 2.69 bits per heavy atom. The molecule has 2 aromatic carbocycles. The minimum atomic E-state index is -0.0328. The monoisotopic (exact) mass is 496 g/mol. The fraction of sp³-hybridized carbons (Fsp3) is 0.440. The van der Waals surface area contributed by atoms with Crippen molar-refractivity contribution in [3.8, 4) is 0 Å². The summed E-state index contributed by atoms with van der Waals surface area (Å²) in [5.41, 5.74) is 3.07. The third-order valence-electron chi connectivity index (χ3n) is 6.88. The number of nitrogens with one attached hydrogen (secondary N) is 2. The third-order valence-corrected chi connectivity index (χ3v) is 7.37. The maximum Gasteiger partial charge on any atom is 0.326 e. The maximum absolute atomic E-state index is 12.7. The van der Waals surface area contributed by atoms with E-state index in [0.717, 1.165) is 54.4 Å². The number of likely N-dealkylation sites (tertiary alicyclic amines) is 1. The first-order valence-electron chi connectivity index (χ1n) is 11.5. The first-order valence-corrected chi connectivity index (χ1v) is 12.3. The number of nitrogens with zero attached hydrogens (tertiary/aromatic N) is 2. The van der Waals surface area contributed by atoms with Crippen LogP contribution in [0, 0.1) is 5.92 Å². The summed E-state index contributed by atoms with van der Waals surface area (Å²) in [5.74, 6) is 0.659. The van der Waals surface area contributed by atoms with Gasteiger partial charge in [-0.25, -0.2) is 4.79 Å². The summed E-state index contributed by atoms with van der Waals surface area (Å²) in [5, 5.41) is 3.22. The van der Waals surface area contributed by atoms with E-state index >= 15 is 0 Å². The number of imidazole rings is 1. The zero-order chi connectivity index (χ0) is 22.2. The highest BCUT2D eigenvalue weighted by atomic mass is 79.9. The molecule has 6 nitrogen and oxygen atoms in total. The molecule has 1 amide bonds. The van der Waals surface area contributed by atoms with Crippen molar-refractivity contribution in [3.63, 3.8) is 0 Å². The Morgan fingerprint density at radius 1 is 1.19 bits per heavy atom. The van der Waals surface area contributed by atoms with Gasteiger partial charge >= 0.3 is 5.69 Å². The van der Waals surface area contributed by atoms with E-state index < -0.39 is 0 Å². The molecule has 2 aliphatic rings. The number of halogens is 1. The van der Waals surface area contributed by atoms with E-state index in [-0.39, 0.29) is 29.6 Å². The smallest absolute Gasteiger partial charge is 0.326 e. The van der Waals surface area contributed by atoms with Gasteiger partial charge in [-0.15, -0.1) is 0 Å². The van der Waals surface area contributed by atoms with Crippen LogP contribution < -0.4 is 11.0 Å². The van der Waals surface area contributed by atoms with Gasteiger partial charge in [-0.3, -0.25) is 9.36 Å². The van der Waals surface area contributed by atoms with E-state index in [1.54, 1.807) is 0 Å². The highest BCUT2D eigenvalue weighted by Gasteiger charge is 2.44. The van der Waals surface area contributed by atoms with Gasteiger partial charge in [0, 0.05) is 42.1 Å². The van der Waals surface area contributed by atoms with Crippen molar-refractivity contribution in [2.75, 3.05) is 19.6 Å². The van der Waals surface area contributed by atoms with Crippen LogP contribution in [0.2, 0.25) is 0 Å². The summed E-state index contributed by atoms with van der Waals surface area (Å²) >= 11 is 3.47. The van der Waals surface area contributed by atoms with Gasteiger partial charge in [0.1, 0.15) is 0 Å². The number of benzene rings is 2. The highest BCUT2D eigenvalue weighted by molar-refractivity contribution is 9.10. The Morgan fingerprint density at radius 2 is 1.94 bits per heavy atom. The Hall–Kier alpha value is -2.38. The van der Waals surface area contributed by atoms with Gasteiger partial charge in [0.2, 0.25) is 5.91 Å². The quantitative estimate of drug-likeness (QED) is 0.540. The summed E-state index contributed by atoms with van der Waals surface area (Å²) in [6.45, 7) is 4.79. The normalized spacial score (nSPS) is 22.7. The van der Waals surface area contributed by atoms with Crippen molar-refractivity contribution in [1.82, 2.24) is 19.8 Å². The van der Waals surface area contributed by atoms with Gasteiger partial charge < -0.3 is 15.2 Å². The molecule has 3 atom stereocenters. The molecule has 1 aromatic heterocycles. The van der Waals surface area contributed by atoms with Crippen LogP contribution in [0.1, 0.15) is 43.7 Å². The van der Waals surface area contributed by atoms with E-state index in [4.69, 9.17) is 0 Å². The van der Waals surface area contributed by atoms with Crippen molar-refractivity contribution in [3.05, 3.63) is 69.1 Å². The summed E-state index contributed by atoms with van der Waals surface area (Å²) in [6, 6.07) is 16.6. The third kappa shape index (κ3) is 4.41. The van der Waals surface area contributed by atoms with Crippen LogP contribution >= 0.6 is 15.9 Å². The first kappa shape index (κ1) is 21.5. The number of hydrogen-bond acceptors (Lipinski definition) is 3. The van der Waals surface area contributed by atoms with Crippen molar-refractivity contribution in [1.29, 1.82) is 0 Å². The molecule has 1 aliphatic heterocycles. The fourth-order valence-electron chi connectivity index (χ4n) is 5.16. The molecule has 1 saturated carbocycles. The lowest BCUT2D eigenvalue weighted by molar-refractivity contribution is -0.123. The van der Waals surface area contributed by atoms with E-state index in [1.807, 2.05) is 41.0 Å². The van der Waals surface area contributed by atoms with Gasteiger partial charge in [0.05, 0.1) is 11.0 Å². The number of carbonyl (C=O) groups excluding carboxylic acids is 1. The van der Waals surface area contributed by atoms with Gasteiger partial charge in [0.25, 0.3) is 0 Å². The molecule has 0 spiro atoms. The number of H-pyrrole nitrogens is 1. The van der Waals surface area contributed by atoms with Crippen LogP contribution in [0.3, 0.4) is 0 Å². The van der Waals surface area contributed by atoms with Gasteiger partial charge in [-0.1, -0.05) is 46.3 Å². The number of aromatic amines is 1. The van der Waals surface area contributed by atoms with Crippen LogP contribution in [0.25, 0.3) is 11.0 Å². The second-order valence-electron chi connectivity index (χ2n) is 9.26. The van der Waals surface area contributed by atoms with Gasteiger partial charge in [-0.05, 0) is 55.9 Å². The summed E-state index contributed by atoms with van der Waals surface area (Å²) in [4.78, 5) is 30.6. The van der Waals surface area contributed by atoms with E-state index in [0.29, 0.717) is 5.92 Å². The van der Waals surface area contributed by atoms with Gasteiger partial charge in [-0.2, -0.15) is 0 Å². The number of piperidine rings is 1. The molecule has 1 saturated heterocycles. The molecule has 2 N–H and O–H groups in total. The van der Waals surface area contributed by atoms with Crippen LogP contribution in [0.5, 0.6) is 0 Å². The van der Waals surface area contributed by atoms with E-state index in [1.165, 1.54) is 5.56 Å². The molecule has 2 fully saturated rings. The topological polar surface area (TPSA) is 70.1 Å². The van der Waals surface area contributed by atoms with Crippen LogP contribution in [0.4, 0.5) is 0 Å². The summed E-state index contributed by atoms with van der Waals surface area (Å²) < 4.78 is 2.88. The minimum absolute atomic E-state index is 0.0328. The number of amides is 1. The second kappa shape index (κ2) is 8.87. The maximum atomic E-state index is 12.7. The molecule has 5 rings (SSSR count). The average Bonchev–Trinajstić information content (AvgIpc) is 3.52. The molecule has 1 unspecified atom stereocenters. The summed E-state index contributed by atoms with van der Waals surface area (Å²) in [7, 11) is 0. The SMILES string of the molecule is CC(CN1CCC(n2c(=O)[nH]c3cc(Br)ccc32)CC1)NC(=O)[C@@H]1C[C@H]1c1ccccc1. The Labute approximate surface area is 196 Å². The lowest BCUT2D eigenvalue weighted by Crippen LogP contribution is -2.45. The molecular weight excluding hydrogens is 468 g/mol. The zero-order valence-electron chi connectivity index (χ0n) is 18.3. The molecule has 168 valence electrons. The molecule has 1 aliphatic carbocycles. The highest BCUT2D eigenvalue weighted by Crippen LogP contribution is 2.47. The number of carbonyl (C=O) groups is 1. The predicted molar refractivity (Wildman–Crippen MR) is 130 cm³/mol. The van der Waals surface area contributed by atoms with Crippen molar-refractivity contribution >= 4 is 32.9 Å². The Bertz CT molecular complexity index is 1160. The molecule has 7 heteroatoms. The first-order chi connectivity index (χ1) is 15.5. The largest absolute Gasteiger partial charge is 0.352 e. The molecule has 0 radical (unpaired) electrons. The number of aromatic nitrogens is 2. The lowest BCUT2D eigenvalue weighted by Gasteiger charge is -2.34. The van der Waals surface area contributed by atoms with Crippen LogP contribution in [-0.2, 0) is 4.79 Å². The number of fused-ring (bicyclic) bond motifs is 1. The fourth-order valence-corrected chi connectivity index (χ4v) is 5.52. The average molecular weight is 497 g/mol. The predicted octanol–water partition coefficient (Wildman–Crippen LogP) is 4.04. The zero-order valence-corrected chi connectivity index (χ0v) is 19.8. The standard InChI is InChI=1S/C25H29BrN4O2/c1-16(27-24(31)21-14-20(21)17-5-3-2-4-6-17)15-29-11-9-19(10-12-29)30-23-8-7-18(26)13-22(23)28-25(30)32/h2-8,13,16,19-21H,9-12,14-15H2,1H3,(H,27,31)(H,28,32)/t16?,20-,21+/m0/s1. The Kier molecular flexibility index (Phi) is 5.95. The number of hydrogen-bond donors (Lipinski definition) is 2. The summed E-state index contributed by atoms with van der Waals surface area (Å²) in [6.07, 6.45) is 2.81. The van der Waals surface area contributed by atoms with E-state index in [2.05, 4.69) is 50.2 Å². The molecular formula is C25H29BrN4O2. The number of rotatable bonds is 6. The van der Waals surface area contributed by atoms with Gasteiger partial charge in [0.15, 0.2) is 0 Å². The molecule has 2 heterocycles. The van der Waals surface area contributed by atoms with E-state index in [9.17, 15) is 9.59 Å². The molecule has 3 aromatic rings. The Balaban J connectivity index is 1.13. The minimum Gasteiger partial charge on any atom is -0.352 e. The molecule has 0 bridgehead atoms. The second-order valence-corrected chi connectivity index (χ2v) is 10.2. The van der Waals surface area contributed by atoms with Crippen molar-refractivity contribution < 1.29 is 4.79 Å². The van der Waals surface area contributed by atoms with Crippen LogP contribution in [-0.4, -0.2) is 46.0 Å². The van der Waals surface area contributed by atoms with Crippen molar-refractivity contribution in [2.45, 2.75) is 44.2 Å².